The molecular weight excluding hydrogens is 841 g/mol. The molecular formula is C47H62N6O10S. The number of alkyl carbamates (subject to hydrolysis) is 1. The molecule has 2 aliphatic carbocycles. The first-order valence-corrected chi connectivity index (χ1v) is 23.7. The van der Waals surface area contributed by atoms with Crippen molar-refractivity contribution in [3.63, 3.8) is 0 Å². The van der Waals surface area contributed by atoms with Gasteiger partial charge in [-0.15, -0.1) is 0 Å². The number of aromatic nitrogens is 2. The van der Waals surface area contributed by atoms with Gasteiger partial charge in [0.2, 0.25) is 33.6 Å². The quantitative estimate of drug-likeness (QED) is 0.194. The second-order valence-corrected chi connectivity index (χ2v) is 21.7. The highest BCUT2D eigenvalue weighted by molar-refractivity contribution is 7.91. The Morgan fingerprint density at radius 2 is 1.80 bits per heavy atom. The number of ether oxygens (including phenoxy) is 4. The topological polar surface area (TPSA) is 204 Å². The Bertz CT molecular complexity index is 2410. The van der Waals surface area contributed by atoms with Crippen molar-refractivity contribution < 1.29 is 46.5 Å². The van der Waals surface area contributed by atoms with Gasteiger partial charge in [-0.25, -0.2) is 23.2 Å². The Morgan fingerprint density at radius 1 is 1.05 bits per heavy atom. The van der Waals surface area contributed by atoms with E-state index in [2.05, 4.69) is 27.3 Å². The average Bonchev–Trinajstić information content (AvgIpc) is 4.10. The minimum atomic E-state index is -4.03. The maximum atomic E-state index is 15.1. The van der Waals surface area contributed by atoms with E-state index >= 15 is 4.79 Å². The van der Waals surface area contributed by atoms with E-state index < -0.39 is 73.8 Å². The molecule has 3 aromatic rings. The fourth-order valence-corrected chi connectivity index (χ4v) is 9.91. The number of carbonyl (C=O) groups excluding carboxylic acids is 4. The molecule has 4 heterocycles. The molecule has 2 aliphatic heterocycles. The molecule has 7 rings (SSSR count). The fourth-order valence-electron chi connectivity index (χ4n) is 8.60. The Morgan fingerprint density at radius 3 is 2.45 bits per heavy atom. The third-order valence-electron chi connectivity index (χ3n) is 12.6. The van der Waals surface area contributed by atoms with Crippen LogP contribution in [0.4, 0.5) is 4.79 Å². The SMILES string of the molecule is COc1ccc2c(OC3C[C@H]4C(=O)N[C@]5(C(=O)NS(=O)(=O)C6(C)CC6)C[C@H]5/C=C\CC[C@H](C)C[C@@H](C)[C@H](NC(=O)OC(C)(C)C)C(=O)N4C3)nc(-c3ccc(OC(C)C)nc3)cc2c1. The number of carbonyl (C=O) groups is 4. The summed E-state index contributed by atoms with van der Waals surface area (Å²) >= 11 is 0. The first-order valence-electron chi connectivity index (χ1n) is 22.2. The van der Waals surface area contributed by atoms with E-state index in [1.165, 1.54) is 4.90 Å². The van der Waals surface area contributed by atoms with E-state index in [1.807, 2.05) is 57.2 Å². The summed E-state index contributed by atoms with van der Waals surface area (Å²) in [6, 6.07) is 8.70. The number of amides is 4. The molecule has 17 heteroatoms. The number of hydrogen-bond donors (Lipinski definition) is 3. The highest BCUT2D eigenvalue weighted by Crippen LogP contribution is 2.48. The summed E-state index contributed by atoms with van der Waals surface area (Å²) in [5.74, 6) is -1.41. The summed E-state index contributed by atoms with van der Waals surface area (Å²) < 4.78 is 51.5. The third-order valence-corrected chi connectivity index (χ3v) is 14.8. The van der Waals surface area contributed by atoms with Crippen LogP contribution in [-0.2, 0) is 29.1 Å². The van der Waals surface area contributed by atoms with E-state index in [1.54, 1.807) is 53.1 Å². The number of fused-ring (bicyclic) bond motifs is 3. The average molecular weight is 903 g/mol. The summed E-state index contributed by atoms with van der Waals surface area (Å²) in [5, 5.41) is 7.17. The number of methoxy groups -OCH3 is 1. The molecule has 16 nitrogen and oxygen atoms in total. The van der Waals surface area contributed by atoms with Crippen molar-refractivity contribution in [3.8, 4) is 28.8 Å². The summed E-state index contributed by atoms with van der Waals surface area (Å²) in [4.78, 5) is 68.1. The van der Waals surface area contributed by atoms with Crippen molar-refractivity contribution in [2.45, 2.75) is 141 Å². The monoisotopic (exact) mass is 902 g/mol. The summed E-state index contributed by atoms with van der Waals surface area (Å²) in [5.41, 5.74) is -1.18. The van der Waals surface area contributed by atoms with E-state index in [0.29, 0.717) is 54.0 Å². The fraction of sp³-hybridized carbons (Fsp3) is 0.574. The number of benzene rings is 1. The van der Waals surface area contributed by atoms with Crippen LogP contribution >= 0.6 is 0 Å². The molecule has 1 saturated heterocycles. The Kier molecular flexibility index (Phi) is 13.0. The molecule has 4 amide bonds. The van der Waals surface area contributed by atoms with Gasteiger partial charge in [0.05, 0.1) is 30.2 Å². The predicted octanol–water partition coefficient (Wildman–Crippen LogP) is 6.22. The van der Waals surface area contributed by atoms with Gasteiger partial charge < -0.3 is 34.5 Å². The molecule has 0 radical (unpaired) electrons. The largest absolute Gasteiger partial charge is 0.497 e. The molecule has 7 atom stereocenters. The van der Waals surface area contributed by atoms with E-state index in [-0.39, 0.29) is 43.2 Å². The molecule has 1 unspecified atom stereocenters. The third kappa shape index (κ3) is 10.2. The standard InChI is InChI=1S/C47H62N6O10S/c1-27(2)61-38-17-14-30(25-48-38)36-22-31-21-33(60-9)15-16-35(31)41(49-36)62-34-23-37-40(54)51-47(43(56)52-64(58,59)46(8)18-19-46)24-32(47)13-11-10-12-28(3)20-29(4)39(42(55)53(37)26-34)50-44(57)63-45(5,6)7/h11,13-17,21-22,25,27-29,32,34,37,39H,10,12,18-20,23-24,26H2,1-9H3,(H,50,57)(H,51,54)(H,52,56)/b13-11-/t28-,29+,32+,34?,37-,39-,47+/m0/s1. The smallest absolute Gasteiger partial charge is 0.408 e. The van der Waals surface area contributed by atoms with Gasteiger partial charge in [-0.1, -0.05) is 26.0 Å². The van der Waals surface area contributed by atoms with Gasteiger partial charge in [0, 0.05) is 35.6 Å². The predicted molar refractivity (Wildman–Crippen MR) is 240 cm³/mol. The van der Waals surface area contributed by atoms with Crippen molar-refractivity contribution in [2.24, 2.45) is 17.8 Å². The van der Waals surface area contributed by atoms with Gasteiger partial charge in [-0.3, -0.25) is 19.1 Å². The van der Waals surface area contributed by atoms with Crippen molar-refractivity contribution in [3.05, 3.63) is 54.7 Å². The Balaban J connectivity index is 1.26. The molecule has 0 bridgehead atoms. The molecule has 0 spiro atoms. The molecule has 64 heavy (non-hydrogen) atoms. The van der Waals surface area contributed by atoms with Crippen molar-refractivity contribution in [2.75, 3.05) is 13.7 Å². The van der Waals surface area contributed by atoms with Gasteiger partial charge >= 0.3 is 6.09 Å². The van der Waals surface area contributed by atoms with E-state index in [4.69, 9.17) is 23.9 Å². The van der Waals surface area contributed by atoms with E-state index in [9.17, 15) is 22.8 Å². The highest BCUT2D eigenvalue weighted by atomic mass is 32.2. The van der Waals surface area contributed by atoms with Crippen molar-refractivity contribution in [1.29, 1.82) is 0 Å². The van der Waals surface area contributed by atoms with Crippen LogP contribution in [0.25, 0.3) is 22.0 Å². The van der Waals surface area contributed by atoms with Gasteiger partial charge in [0.25, 0.3) is 5.91 Å². The van der Waals surface area contributed by atoms with Crippen LogP contribution in [0.1, 0.15) is 100 Å². The first-order chi connectivity index (χ1) is 30.1. The molecule has 4 aliphatic rings. The van der Waals surface area contributed by atoms with Crippen molar-refractivity contribution >= 4 is 44.6 Å². The van der Waals surface area contributed by atoms with Gasteiger partial charge in [0.1, 0.15) is 35.1 Å². The van der Waals surface area contributed by atoms with Crippen LogP contribution in [0.5, 0.6) is 17.5 Å². The normalized spacial score (nSPS) is 27.5. The maximum Gasteiger partial charge on any atom is 0.408 e. The minimum absolute atomic E-state index is 0.0115. The lowest BCUT2D eigenvalue weighted by Crippen LogP contribution is -2.59. The number of hydrogen-bond acceptors (Lipinski definition) is 12. The number of rotatable bonds is 10. The highest BCUT2D eigenvalue weighted by Gasteiger charge is 2.63. The zero-order chi connectivity index (χ0) is 46.4. The lowest BCUT2D eigenvalue weighted by atomic mass is 9.88. The van der Waals surface area contributed by atoms with Gasteiger partial charge in [-0.2, -0.15) is 0 Å². The molecule has 1 aromatic carbocycles. The zero-order valence-corrected chi connectivity index (χ0v) is 39.0. The van der Waals surface area contributed by atoms with E-state index in [0.717, 1.165) is 11.8 Å². The van der Waals surface area contributed by atoms with Crippen LogP contribution in [0.3, 0.4) is 0 Å². The summed E-state index contributed by atoms with van der Waals surface area (Å²) in [6.07, 6.45) is 6.84. The molecule has 3 fully saturated rings. The maximum absolute atomic E-state index is 15.1. The Hall–Kier alpha value is -5.45. The minimum Gasteiger partial charge on any atom is -0.497 e. The number of sulfonamides is 1. The molecule has 346 valence electrons. The number of allylic oxidation sites excluding steroid dienone is 1. The van der Waals surface area contributed by atoms with Gasteiger partial charge in [0.15, 0.2) is 0 Å². The number of nitrogens with one attached hydrogen (secondary N) is 3. The molecule has 3 N–H and O–H groups in total. The van der Waals surface area contributed by atoms with Crippen LogP contribution < -0.4 is 29.6 Å². The number of nitrogens with zero attached hydrogens (tertiary/aromatic N) is 3. The summed E-state index contributed by atoms with van der Waals surface area (Å²) in [6.45, 7) is 14.5. The van der Waals surface area contributed by atoms with Crippen LogP contribution in [0.2, 0.25) is 0 Å². The zero-order valence-electron chi connectivity index (χ0n) is 38.2. The second-order valence-electron chi connectivity index (χ2n) is 19.5. The number of pyridine rings is 2. The second kappa shape index (κ2) is 17.8. The molecule has 2 saturated carbocycles. The van der Waals surface area contributed by atoms with Gasteiger partial charge in [-0.05, 0) is 128 Å². The lowest BCUT2D eigenvalue weighted by molar-refractivity contribution is -0.142. The Labute approximate surface area is 375 Å². The van der Waals surface area contributed by atoms with Crippen LogP contribution in [0, 0.1) is 17.8 Å². The lowest BCUT2D eigenvalue weighted by Gasteiger charge is -2.33. The molecule has 2 aromatic heterocycles. The van der Waals surface area contributed by atoms with Crippen LogP contribution in [0.15, 0.2) is 54.7 Å². The van der Waals surface area contributed by atoms with Crippen molar-refractivity contribution in [1.82, 2.24) is 30.2 Å². The first kappa shape index (κ1) is 46.5. The summed E-state index contributed by atoms with van der Waals surface area (Å²) in [7, 11) is -2.46. The van der Waals surface area contributed by atoms with Crippen LogP contribution in [-0.4, -0.2) is 101 Å².